The van der Waals surface area contributed by atoms with E-state index in [1.165, 1.54) is 4.90 Å². The maximum absolute atomic E-state index is 13.0. The topological polar surface area (TPSA) is 49.4 Å². The van der Waals surface area contributed by atoms with Gasteiger partial charge in [-0.3, -0.25) is 9.69 Å². The Kier molecular flexibility index (Phi) is 3.17. The van der Waals surface area contributed by atoms with Crippen molar-refractivity contribution in [3.63, 3.8) is 0 Å². The van der Waals surface area contributed by atoms with E-state index in [0.29, 0.717) is 27.4 Å². The van der Waals surface area contributed by atoms with Gasteiger partial charge in [0.05, 0.1) is 6.54 Å². The summed E-state index contributed by atoms with van der Waals surface area (Å²) in [6.07, 6.45) is 4.07. The second-order valence-electron chi connectivity index (χ2n) is 6.44. The number of hydrogen-bond acceptors (Lipinski definition) is 2. The third kappa shape index (κ3) is 2.04. The molecule has 3 amide bonds. The van der Waals surface area contributed by atoms with Crippen molar-refractivity contribution in [3.05, 3.63) is 33.8 Å². The number of urea groups is 1. The van der Waals surface area contributed by atoms with Gasteiger partial charge in [-0.15, -0.1) is 0 Å². The second kappa shape index (κ2) is 4.87. The van der Waals surface area contributed by atoms with Crippen LogP contribution in [0, 0.1) is 11.8 Å². The summed E-state index contributed by atoms with van der Waals surface area (Å²) in [7, 11) is 0. The Morgan fingerprint density at radius 2 is 1.64 bits per heavy atom. The zero-order chi connectivity index (χ0) is 15.5. The maximum atomic E-state index is 13.0. The first-order valence-electron chi connectivity index (χ1n) is 7.61. The van der Waals surface area contributed by atoms with Crippen LogP contribution in [0.25, 0.3) is 0 Å². The molecule has 3 fully saturated rings. The zero-order valence-electron chi connectivity index (χ0n) is 11.9. The first-order chi connectivity index (χ1) is 10.5. The molecule has 2 saturated carbocycles. The van der Waals surface area contributed by atoms with Crippen LogP contribution in [-0.4, -0.2) is 22.4 Å². The van der Waals surface area contributed by atoms with E-state index >= 15 is 0 Å². The minimum absolute atomic E-state index is 0.0986. The van der Waals surface area contributed by atoms with Crippen LogP contribution < -0.4 is 5.32 Å². The number of amides is 3. The summed E-state index contributed by atoms with van der Waals surface area (Å²) in [5.74, 6) is 0.491. The molecule has 6 heteroatoms. The zero-order valence-corrected chi connectivity index (χ0v) is 13.5. The van der Waals surface area contributed by atoms with Crippen LogP contribution in [0.5, 0.6) is 0 Å². The Hall–Kier alpha value is -1.26. The number of benzene rings is 1. The van der Waals surface area contributed by atoms with Gasteiger partial charge in [-0.1, -0.05) is 29.3 Å². The Balaban J connectivity index is 1.65. The molecule has 4 rings (SSSR count). The average molecular weight is 339 g/mol. The fraction of sp³-hybridized carbons (Fsp3) is 0.500. The molecular weight excluding hydrogens is 323 g/mol. The van der Waals surface area contributed by atoms with Crippen LogP contribution in [0.2, 0.25) is 10.0 Å². The Labute approximate surface area is 138 Å². The van der Waals surface area contributed by atoms with Crippen molar-refractivity contribution in [3.8, 4) is 0 Å². The van der Waals surface area contributed by atoms with E-state index in [4.69, 9.17) is 23.2 Å². The molecule has 3 aliphatic rings. The normalized spacial score (nSPS) is 23.8. The average Bonchev–Trinajstić information content (AvgIpc) is 3.37. The summed E-state index contributed by atoms with van der Waals surface area (Å²) in [6.45, 7) is 0.129. The Morgan fingerprint density at radius 3 is 2.14 bits per heavy atom. The van der Waals surface area contributed by atoms with Gasteiger partial charge in [0.15, 0.2) is 0 Å². The SMILES string of the molecule is O=C1NC(C2CC2)(C2CC2)C(=O)N1Cc1c(Cl)cccc1Cl. The Bertz CT molecular complexity index is 636. The standard InChI is InChI=1S/C16H16Cl2N2O2/c17-12-2-1-3-13(18)11(12)8-20-14(21)16(9-4-5-9,10-6-7-10)19-15(20)22/h1-3,9-10H,4-8H2,(H,19,22). The van der Waals surface area contributed by atoms with E-state index in [-0.39, 0.29) is 18.5 Å². The quantitative estimate of drug-likeness (QED) is 0.852. The van der Waals surface area contributed by atoms with Crippen molar-refractivity contribution in [2.75, 3.05) is 0 Å². The van der Waals surface area contributed by atoms with Gasteiger partial charge in [0.2, 0.25) is 0 Å². The van der Waals surface area contributed by atoms with Crippen molar-refractivity contribution in [2.24, 2.45) is 11.8 Å². The van der Waals surface area contributed by atoms with Crippen LogP contribution in [0.3, 0.4) is 0 Å². The summed E-state index contributed by atoms with van der Waals surface area (Å²) in [6, 6.07) is 4.87. The first-order valence-corrected chi connectivity index (χ1v) is 8.36. The smallest absolute Gasteiger partial charge is 0.323 e. The monoisotopic (exact) mass is 338 g/mol. The minimum atomic E-state index is -0.662. The molecule has 0 radical (unpaired) electrons. The molecule has 4 nitrogen and oxygen atoms in total. The van der Waals surface area contributed by atoms with Crippen molar-refractivity contribution in [1.82, 2.24) is 10.2 Å². The highest BCUT2D eigenvalue weighted by Crippen LogP contribution is 2.54. The summed E-state index contributed by atoms with van der Waals surface area (Å²) >= 11 is 12.3. The Morgan fingerprint density at radius 1 is 1.09 bits per heavy atom. The fourth-order valence-corrected chi connectivity index (χ4v) is 4.08. The molecule has 22 heavy (non-hydrogen) atoms. The maximum Gasteiger partial charge on any atom is 0.325 e. The van der Waals surface area contributed by atoms with Crippen molar-refractivity contribution >= 4 is 35.1 Å². The molecule has 1 aromatic carbocycles. The number of carbonyl (C=O) groups is 2. The number of carbonyl (C=O) groups excluding carboxylic acids is 2. The molecule has 2 aliphatic carbocycles. The van der Waals surface area contributed by atoms with E-state index < -0.39 is 5.54 Å². The minimum Gasteiger partial charge on any atom is -0.323 e. The van der Waals surface area contributed by atoms with Crippen LogP contribution in [0.15, 0.2) is 18.2 Å². The molecular formula is C16H16Cl2N2O2. The van der Waals surface area contributed by atoms with Gasteiger partial charge in [0.1, 0.15) is 5.54 Å². The highest BCUT2D eigenvalue weighted by atomic mass is 35.5. The molecule has 1 saturated heterocycles. The molecule has 0 aromatic heterocycles. The van der Waals surface area contributed by atoms with E-state index in [2.05, 4.69) is 5.32 Å². The number of nitrogens with one attached hydrogen (secondary N) is 1. The number of hydrogen-bond donors (Lipinski definition) is 1. The lowest BCUT2D eigenvalue weighted by atomic mass is 9.87. The highest BCUT2D eigenvalue weighted by molar-refractivity contribution is 6.36. The molecule has 116 valence electrons. The molecule has 1 aliphatic heterocycles. The van der Waals surface area contributed by atoms with Crippen molar-refractivity contribution in [2.45, 2.75) is 37.8 Å². The molecule has 1 N–H and O–H groups in total. The first kappa shape index (κ1) is 14.3. The van der Waals surface area contributed by atoms with E-state index in [0.717, 1.165) is 25.7 Å². The molecule has 0 spiro atoms. The van der Waals surface area contributed by atoms with Gasteiger partial charge in [0, 0.05) is 15.6 Å². The van der Waals surface area contributed by atoms with Crippen molar-refractivity contribution in [1.29, 1.82) is 0 Å². The van der Waals surface area contributed by atoms with Gasteiger partial charge in [-0.05, 0) is 49.7 Å². The summed E-state index contributed by atoms with van der Waals surface area (Å²) < 4.78 is 0. The summed E-state index contributed by atoms with van der Waals surface area (Å²) in [5, 5.41) is 3.95. The van der Waals surface area contributed by atoms with Crippen LogP contribution in [0.4, 0.5) is 4.79 Å². The molecule has 0 atom stereocenters. The van der Waals surface area contributed by atoms with Crippen LogP contribution in [0.1, 0.15) is 31.2 Å². The van der Waals surface area contributed by atoms with E-state index in [1.807, 2.05) is 0 Å². The second-order valence-corrected chi connectivity index (χ2v) is 7.25. The third-order valence-corrected chi connectivity index (χ3v) is 5.69. The van der Waals surface area contributed by atoms with Crippen LogP contribution in [-0.2, 0) is 11.3 Å². The predicted molar refractivity (Wildman–Crippen MR) is 83.7 cm³/mol. The largest absolute Gasteiger partial charge is 0.325 e. The fourth-order valence-electron chi connectivity index (χ4n) is 3.56. The van der Waals surface area contributed by atoms with Crippen molar-refractivity contribution < 1.29 is 9.59 Å². The lowest BCUT2D eigenvalue weighted by Crippen LogP contribution is -2.51. The number of imide groups is 1. The highest BCUT2D eigenvalue weighted by Gasteiger charge is 2.65. The number of halogens is 2. The molecule has 0 unspecified atom stereocenters. The third-order valence-electron chi connectivity index (χ3n) is 4.98. The number of nitrogens with zero attached hydrogens (tertiary/aromatic N) is 1. The predicted octanol–water partition coefficient (Wildman–Crippen LogP) is 3.60. The van der Waals surface area contributed by atoms with Gasteiger partial charge < -0.3 is 5.32 Å². The van der Waals surface area contributed by atoms with Gasteiger partial charge in [-0.25, -0.2) is 4.79 Å². The number of rotatable bonds is 4. The van der Waals surface area contributed by atoms with Gasteiger partial charge in [-0.2, -0.15) is 0 Å². The van der Waals surface area contributed by atoms with E-state index in [1.54, 1.807) is 18.2 Å². The summed E-state index contributed by atoms with van der Waals surface area (Å²) in [4.78, 5) is 26.7. The van der Waals surface area contributed by atoms with Crippen LogP contribution >= 0.6 is 23.2 Å². The van der Waals surface area contributed by atoms with Gasteiger partial charge in [0.25, 0.3) is 5.91 Å². The van der Waals surface area contributed by atoms with E-state index in [9.17, 15) is 9.59 Å². The molecule has 0 bridgehead atoms. The molecule has 1 aromatic rings. The lowest BCUT2D eigenvalue weighted by molar-refractivity contribution is -0.133. The summed E-state index contributed by atoms with van der Waals surface area (Å²) in [5.41, 5.74) is -0.0399. The van der Waals surface area contributed by atoms with Gasteiger partial charge >= 0.3 is 6.03 Å². The lowest BCUT2D eigenvalue weighted by Gasteiger charge is -2.26. The molecule has 1 heterocycles.